The lowest BCUT2D eigenvalue weighted by Crippen LogP contribution is -2.46. The van der Waals surface area contributed by atoms with Crippen LogP contribution in [0.1, 0.15) is 5.56 Å². The van der Waals surface area contributed by atoms with Crippen LogP contribution < -0.4 is 10.6 Å². The molecule has 0 aliphatic carbocycles. The first-order valence-corrected chi connectivity index (χ1v) is 4.32. The predicted octanol–water partition coefficient (Wildman–Crippen LogP) is -0.186. The monoisotopic (exact) mass is 192 g/mol. The molecule has 0 bridgehead atoms. The van der Waals surface area contributed by atoms with Gasteiger partial charge in [-0.3, -0.25) is 0 Å². The van der Waals surface area contributed by atoms with Crippen LogP contribution in [0.4, 0.5) is 0 Å². The molecule has 4 N–H and O–H groups in total. The molecule has 14 heavy (non-hydrogen) atoms. The minimum absolute atomic E-state index is 0.406. The second kappa shape index (κ2) is 3.01. The molecule has 2 rings (SSSR count). The zero-order chi connectivity index (χ0) is 10.2. The van der Waals surface area contributed by atoms with E-state index < -0.39 is 12.0 Å². The van der Waals surface area contributed by atoms with E-state index in [9.17, 15) is 10.2 Å². The maximum absolute atomic E-state index is 10.1. The molecule has 0 aromatic heterocycles. The summed E-state index contributed by atoms with van der Waals surface area (Å²) in [6, 6.07) is 8.90. The molecule has 1 fully saturated rings. The largest absolute Gasteiger partial charge is 0.369 e. The minimum Gasteiger partial charge on any atom is -0.369 e. The summed E-state index contributed by atoms with van der Waals surface area (Å²) in [6.07, 6.45) is -1.09. The zero-order valence-electron chi connectivity index (χ0n) is 7.57. The minimum atomic E-state index is -1.49. The Morgan fingerprint density at radius 3 is 2.43 bits per heavy atom. The van der Waals surface area contributed by atoms with E-state index in [1.54, 1.807) is 24.3 Å². The van der Waals surface area contributed by atoms with Gasteiger partial charge in [-0.25, -0.2) is 0 Å². The molecule has 1 heterocycles. The standard InChI is InChI=1S/C10H12N2O2/c1-7-11-9(13)10(14,12-7)8-5-3-2-4-6-8/h2-6,9,11-14H,1H2. The molecule has 0 saturated carbocycles. The van der Waals surface area contributed by atoms with Crippen molar-refractivity contribution >= 4 is 0 Å². The lowest BCUT2D eigenvalue weighted by molar-refractivity contribution is -0.0807. The van der Waals surface area contributed by atoms with Crippen LogP contribution in [0.5, 0.6) is 0 Å². The maximum Gasteiger partial charge on any atom is 0.209 e. The van der Waals surface area contributed by atoms with Crippen LogP contribution in [-0.4, -0.2) is 16.4 Å². The van der Waals surface area contributed by atoms with Crippen LogP contribution in [0, 0.1) is 0 Å². The highest BCUT2D eigenvalue weighted by Gasteiger charge is 2.43. The number of hydrogen-bond donors (Lipinski definition) is 4. The summed E-state index contributed by atoms with van der Waals surface area (Å²) in [4.78, 5) is 0. The number of benzene rings is 1. The molecule has 0 spiro atoms. The quantitative estimate of drug-likeness (QED) is 0.498. The SMILES string of the molecule is C=C1NC(O)C(O)(c2ccccc2)N1. The van der Waals surface area contributed by atoms with Gasteiger partial charge in [-0.15, -0.1) is 0 Å². The summed E-state index contributed by atoms with van der Waals surface area (Å²) in [7, 11) is 0. The molecule has 2 unspecified atom stereocenters. The molecule has 4 nitrogen and oxygen atoms in total. The molecule has 1 aliphatic rings. The van der Waals surface area contributed by atoms with E-state index in [2.05, 4.69) is 17.2 Å². The van der Waals surface area contributed by atoms with Gasteiger partial charge in [0.15, 0.2) is 6.23 Å². The van der Waals surface area contributed by atoms with Crippen LogP contribution in [0.2, 0.25) is 0 Å². The normalized spacial score (nSPS) is 31.0. The van der Waals surface area contributed by atoms with Crippen molar-refractivity contribution in [3.05, 3.63) is 48.3 Å². The van der Waals surface area contributed by atoms with Crippen LogP contribution >= 0.6 is 0 Å². The van der Waals surface area contributed by atoms with Crippen molar-refractivity contribution in [2.24, 2.45) is 0 Å². The first-order valence-electron chi connectivity index (χ1n) is 4.32. The van der Waals surface area contributed by atoms with Gasteiger partial charge >= 0.3 is 0 Å². The van der Waals surface area contributed by atoms with E-state index in [1.165, 1.54) is 0 Å². The van der Waals surface area contributed by atoms with E-state index in [0.29, 0.717) is 11.4 Å². The zero-order valence-corrected chi connectivity index (χ0v) is 7.57. The van der Waals surface area contributed by atoms with Gasteiger partial charge in [0.05, 0.1) is 5.82 Å². The summed E-state index contributed by atoms with van der Waals surface area (Å²) in [5.74, 6) is 0.406. The predicted molar refractivity (Wildman–Crippen MR) is 51.8 cm³/mol. The Morgan fingerprint density at radius 1 is 1.29 bits per heavy atom. The Bertz CT molecular complexity index is 352. The topological polar surface area (TPSA) is 64.5 Å². The van der Waals surface area contributed by atoms with Crippen molar-refractivity contribution in [1.82, 2.24) is 10.6 Å². The van der Waals surface area contributed by atoms with Gasteiger partial charge in [0.2, 0.25) is 5.72 Å². The third-order valence-corrected chi connectivity index (χ3v) is 2.26. The molecule has 1 aliphatic heterocycles. The smallest absolute Gasteiger partial charge is 0.209 e. The van der Waals surface area contributed by atoms with Crippen molar-refractivity contribution in [2.45, 2.75) is 12.0 Å². The van der Waals surface area contributed by atoms with E-state index in [0.717, 1.165) is 0 Å². The molecule has 0 amide bonds. The Balaban J connectivity index is 2.38. The molecular weight excluding hydrogens is 180 g/mol. The van der Waals surface area contributed by atoms with Crippen LogP contribution in [0.15, 0.2) is 42.7 Å². The fraction of sp³-hybridized carbons (Fsp3) is 0.200. The number of nitrogens with one attached hydrogen (secondary N) is 2. The van der Waals surface area contributed by atoms with Crippen LogP contribution in [0.25, 0.3) is 0 Å². The lowest BCUT2D eigenvalue weighted by atomic mass is 10.0. The van der Waals surface area contributed by atoms with E-state index in [1.807, 2.05) is 6.07 Å². The average Bonchev–Trinajstić information content (AvgIpc) is 2.43. The Labute approximate surface area is 81.9 Å². The third-order valence-electron chi connectivity index (χ3n) is 2.26. The third kappa shape index (κ3) is 1.25. The molecule has 74 valence electrons. The fourth-order valence-electron chi connectivity index (χ4n) is 1.53. The van der Waals surface area contributed by atoms with Gasteiger partial charge in [0, 0.05) is 5.56 Å². The van der Waals surface area contributed by atoms with Crippen molar-refractivity contribution in [3.63, 3.8) is 0 Å². The number of aliphatic hydroxyl groups excluding tert-OH is 1. The number of hydrogen-bond acceptors (Lipinski definition) is 4. The Kier molecular flexibility index (Phi) is 1.94. The van der Waals surface area contributed by atoms with E-state index in [-0.39, 0.29) is 0 Å². The molecule has 2 atom stereocenters. The first-order chi connectivity index (χ1) is 6.63. The van der Waals surface area contributed by atoms with Gasteiger partial charge in [-0.05, 0) is 0 Å². The number of aliphatic hydroxyl groups is 2. The van der Waals surface area contributed by atoms with Gasteiger partial charge in [-0.1, -0.05) is 36.9 Å². The summed E-state index contributed by atoms with van der Waals surface area (Å²) < 4.78 is 0. The number of rotatable bonds is 1. The lowest BCUT2D eigenvalue weighted by Gasteiger charge is -2.25. The maximum atomic E-state index is 10.1. The van der Waals surface area contributed by atoms with E-state index >= 15 is 0 Å². The highest BCUT2D eigenvalue weighted by molar-refractivity contribution is 5.26. The second-order valence-electron chi connectivity index (χ2n) is 3.28. The van der Waals surface area contributed by atoms with Gasteiger partial charge in [0.25, 0.3) is 0 Å². The van der Waals surface area contributed by atoms with Crippen molar-refractivity contribution in [1.29, 1.82) is 0 Å². The molecular formula is C10H12N2O2. The first kappa shape index (κ1) is 9.05. The van der Waals surface area contributed by atoms with Crippen molar-refractivity contribution in [2.75, 3.05) is 0 Å². The molecule has 1 aromatic carbocycles. The summed E-state index contributed by atoms with van der Waals surface area (Å²) in [5, 5.41) is 25.0. The highest BCUT2D eigenvalue weighted by Crippen LogP contribution is 2.25. The van der Waals surface area contributed by atoms with Crippen molar-refractivity contribution < 1.29 is 10.2 Å². The second-order valence-corrected chi connectivity index (χ2v) is 3.28. The fourth-order valence-corrected chi connectivity index (χ4v) is 1.53. The van der Waals surface area contributed by atoms with Crippen LogP contribution in [-0.2, 0) is 5.72 Å². The summed E-state index contributed by atoms with van der Waals surface area (Å²) >= 11 is 0. The van der Waals surface area contributed by atoms with Gasteiger partial charge < -0.3 is 20.8 Å². The molecule has 4 heteroatoms. The van der Waals surface area contributed by atoms with Gasteiger partial charge in [0.1, 0.15) is 0 Å². The van der Waals surface area contributed by atoms with Crippen LogP contribution in [0.3, 0.4) is 0 Å². The average molecular weight is 192 g/mol. The Morgan fingerprint density at radius 2 is 1.93 bits per heavy atom. The molecule has 0 radical (unpaired) electrons. The molecule has 1 aromatic rings. The molecule has 1 saturated heterocycles. The summed E-state index contributed by atoms with van der Waals surface area (Å²) in [5.41, 5.74) is -0.892. The Hall–Kier alpha value is -1.52. The summed E-state index contributed by atoms with van der Waals surface area (Å²) in [6.45, 7) is 3.58. The van der Waals surface area contributed by atoms with Crippen molar-refractivity contribution in [3.8, 4) is 0 Å². The van der Waals surface area contributed by atoms with Gasteiger partial charge in [-0.2, -0.15) is 0 Å². The highest BCUT2D eigenvalue weighted by atomic mass is 16.4. The van der Waals surface area contributed by atoms with E-state index in [4.69, 9.17) is 0 Å².